The van der Waals surface area contributed by atoms with Gasteiger partial charge in [-0.15, -0.1) is 0 Å². The van der Waals surface area contributed by atoms with Gasteiger partial charge in [0, 0.05) is 10.7 Å². The van der Waals surface area contributed by atoms with E-state index in [9.17, 15) is 9.18 Å². The molecular formula is C16H12BrFN2O3. The van der Waals surface area contributed by atoms with Crippen molar-refractivity contribution in [2.45, 2.75) is 19.5 Å². The van der Waals surface area contributed by atoms with E-state index in [1.165, 1.54) is 12.1 Å². The lowest BCUT2D eigenvalue weighted by Gasteiger charge is -2.24. The molecule has 1 aromatic heterocycles. The van der Waals surface area contributed by atoms with Gasteiger partial charge in [-0.2, -0.15) is 9.59 Å². The summed E-state index contributed by atoms with van der Waals surface area (Å²) >= 11 is 3.32. The number of carbonyl (C=O) groups excluding carboxylic acids is 3. The van der Waals surface area contributed by atoms with Gasteiger partial charge in [-0.1, -0.05) is 12.1 Å². The highest BCUT2D eigenvalue weighted by Crippen LogP contribution is 2.31. The van der Waals surface area contributed by atoms with Gasteiger partial charge < -0.3 is 4.90 Å². The monoisotopic (exact) mass is 378 g/mol. The number of hydrogen-bond donors (Lipinski definition) is 0. The second kappa shape index (κ2) is 7.26. The molecule has 1 amide bonds. The number of benzene rings is 1. The molecule has 0 saturated carbocycles. The van der Waals surface area contributed by atoms with Crippen molar-refractivity contribution in [3.05, 3.63) is 63.6 Å². The third-order valence-corrected chi connectivity index (χ3v) is 3.98. The van der Waals surface area contributed by atoms with Crippen molar-refractivity contribution in [2.75, 3.05) is 0 Å². The zero-order chi connectivity index (χ0) is 17.0. The number of amides is 1. The molecule has 5 nitrogen and oxygen atoms in total. The maximum absolute atomic E-state index is 13.3. The molecule has 0 bridgehead atoms. The van der Waals surface area contributed by atoms with Crippen LogP contribution < -0.4 is 0 Å². The predicted octanol–water partition coefficient (Wildman–Crippen LogP) is 3.12. The van der Waals surface area contributed by atoms with Crippen molar-refractivity contribution in [3.8, 4) is 0 Å². The molecule has 7 heteroatoms. The number of carbonyl (C=O) groups is 1. The molecule has 0 radical (unpaired) electrons. The summed E-state index contributed by atoms with van der Waals surface area (Å²) in [6.45, 7) is 2.35. The molecule has 1 aliphatic heterocycles. The summed E-state index contributed by atoms with van der Waals surface area (Å²) in [4.78, 5) is 34.6. The van der Waals surface area contributed by atoms with Gasteiger partial charge in [0.05, 0.1) is 23.8 Å². The largest absolute Gasteiger partial charge is 0.373 e. The Labute approximate surface area is 140 Å². The van der Waals surface area contributed by atoms with Gasteiger partial charge in [0.25, 0.3) is 5.91 Å². The second-order valence-electron chi connectivity index (χ2n) is 4.90. The van der Waals surface area contributed by atoms with Gasteiger partial charge in [-0.25, -0.2) is 4.39 Å². The number of fused-ring (bicyclic) bond motifs is 1. The van der Waals surface area contributed by atoms with Crippen LogP contribution in [0.4, 0.5) is 4.39 Å². The maximum Gasteiger partial charge on any atom is 0.373 e. The standard InChI is InChI=1S/C15H12BrFN2O.CO2/c1-9(10-3-2-4-12(17)5-10)19-8-14-13(15(19)20)6-11(16)7-18-14;2-1-3/h2-7,9H,8H2,1H3;. The van der Waals surface area contributed by atoms with E-state index >= 15 is 0 Å². The molecule has 2 aromatic rings. The SMILES string of the molecule is CC(c1cccc(F)c1)N1Cc2ncc(Br)cc2C1=O.O=C=O. The fourth-order valence-electron chi connectivity index (χ4n) is 2.43. The van der Waals surface area contributed by atoms with E-state index in [-0.39, 0.29) is 23.9 Å². The van der Waals surface area contributed by atoms with Crippen LogP contribution in [-0.2, 0) is 16.1 Å². The van der Waals surface area contributed by atoms with Gasteiger partial charge in [0.2, 0.25) is 0 Å². The van der Waals surface area contributed by atoms with Gasteiger partial charge in [0.15, 0.2) is 0 Å². The zero-order valence-electron chi connectivity index (χ0n) is 12.1. The van der Waals surface area contributed by atoms with Crippen LogP contribution in [0, 0.1) is 5.82 Å². The van der Waals surface area contributed by atoms with Crippen LogP contribution in [0.15, 0.2) is 41.0 Å². The fourth-order valence-corrected chi connectivity index (χ4v) is 2.76. The Hall–Kier alpha value is -2.37. The quantitative estimate of drug-likeness (QED) is 0.804. The summed E-state index contributed by atoms with van der Waals surface area (Å²) < 4.78 is 14.1. The molecule has 0 aliphatic carbocycles. The Kier molecular flexibility index (Phi) is 5.36. The molecular weight excluding hydrogens is 367 g/mol. The first-order chi connectivity index (χ1) is 11.0. The predicted molar refractivity (Wildman–Crippen MR) is 81.6 cm³/mol. The molecule has 1 aromatic carbocycles. The van der Waals surface area contributed by atoms with Crippen LogP contribution in [0.3, 0.4) is 0 Å². The van der Waals surface area contributed by atoms with Crippen LogP contribution in [-0.4, -0.2) is 21.9 Å². The van der Waals surface area contributed by atoms with E-state index in [2.05, 4.69) is 20.9 Å². The summed E-state index contributed by atoms with van der Waals surface area (Å²) in [5.74, 6) is -0.357. The highest BCUT2D eigenvalue weighted by Gasteiger charge is 2.32. The van der Waals surface area contributed by atoms with Crippen molar-refractivity contribution >= 4 is 28.0 Å². The molecule has 0 spiro atoms. The molecule has 3 rings (SSSR count). The van der Waals surface area contributed by atoms with Crippen LogP contribution in [0.5, 0.6) is 0 Å². The van der Waals surface area contributed by atoms with E-state index < -0.39 is 0 Å². The van der Waals surface area contributed by atoms with Crippen LogP contribution in [0.1, 0.15) is 34.6 Å². The van der Waals surface area contributed by atoms with Crippen LogP contribution in [0.2, 0.25) is 0 Å². The smallest absolute Gasteiger partial charge is 0.326 e. The molecule has 2 heterocycles. The minimum atomic E-state index is -0.292. The van der Waals surface area contributed by atoms with Gasteiger partial charge in [-0.3, -0.25) is 9.78 Å². The fraction of sp³-hybridized carbons (Fsp3) is 0.188. The summed E-state index contributed by atoms with van der Waals surface area (Å²) in [5, 5.41) is 0. The maximum atomic E-state index is 13.3. The summed E-state index contributed by atoms with van der Waals surface area (Å²) in [7, 11) is 0. The Morgan fingerprint density at radius 3 is 2.70 bits per heavy atom. The summed E-state index contributed by atoms with van der Waals surface area (Å²) in [6.07, 6.45) is 1.93. The number of hydrogen-bond acceptors (Lipinski definition) is 4. The third kappa shape index (κ3) is 3.70. The van der Waals surface area contributed by atoms with Crippen molar-refractivity contribution in [3.63, 3.8) is 0 Å². The highest BCUT2D eigenvalue weighted by atomic mass is 79.9. The van der Waals surface area contributed by atoms with E-state index in [1.54, 1.807) is 23.2 Å². The first-order valence-electron chi connectivity index (χ1n) is 6.68. The normalized spacial score (nSPS) is 13.7. The van der Waals surface area contributed by atoms with Gasteiger partial charge in [0.1, 0.15) is 5.82 Å². The average Bonchev–Trinajstić information content (AvgIpc) is 2.84. The Morgan fingerprint density at radius 1 is 1.35 bits per heavy atom. The number of aromatic nitrogens is 1. The molecule has 0 fully saturated rings. The van der Waals surface area contributed by atoms with E-state index in [0.717, 1.165) is 15.7 Å². The molecule has 0 N–H and O–H groups in total. The lowest BCUT2D eigenvalue weighted by Crippen LogP contribution is -2.27. The summed E-state index contributed by atoms with van der Waals surface area (Å²) in [5.41, 5.74) is 2.16. The van der Waals surface area contributed by atoms with Crippen molar-refractivity contribution in [2.24, 2.45) is 0 Å². The van der Waals surface area contributed by atoms with Gasteiger partial charge >= 0.3 is 6.15 Å². The van der Waals surface area contributed by atoms with Crippen molar-refractivity contribution in [1.29, 1.82) is 0 Å². The minimum absolute atomic E-state index is 0.0643. The average molecular weight is 379 g/mol. The van der Waals surface area contributed by atoms with E-state index in [4.69, 9.17) is 9.59 Å². The second-order valence-corrected chi connectivity index (χ2v) is 5.81. The molecule has 1 unspecified atom stereocenters. The Balaban J connectivity index is 0.000000595. The van der Waals surface area contributed by atoms with Crippen molar-refractivity contribution < 1.29 is 18.8 Å². The topological polar surface area (TPSA) is 67.3 Å². The Morgan fingerprint density at radius 2 is 2.04 bits per heavy atom. The first kappa shape index (κ1) is 17.0. The zero-order valence-corrected chi connectivity index (χ0v) is 13.7. The number of halogens is 2. The van der Waals surface area contributed by atoms with E-state index in [0.29, 0.717) is 12.1 Å². The Bertz CT molecular complexity index is 776. The number of pyridine rings is 1. The molecule has 1 aliphatic rings. The lowest BCUT2D eigenvalue weighted by molar-refractivity contribution is -0.191. The third-order valence-electron chi connectivity index (χ3n) is 3.55. The molecule has 23 heavy (non-hydrogen) atoms. The first-order valence-corrected chi connectivity index (χ1v) is 7.47. The van der Waals surface area contributed by atoms with Crippen molar-refractivity contribution in [1.82, 2.24) is 9.88 Å². The van der Waals surface area contributed by atoms with Crippen LogP contribution in [0.25, 0.3) is 0 Å². The molecule has 118 valence electrons. The minimum Gasteiger partial charge on any atom is -0.326 e. The summed E-state index contributed by atoms with van der Waals surface area (Å²) in [6, 6.07) is 7.94. The highest BCUT2D eigenvalue weighted by molar-refractivity contribution is 9.10. The molecule has 1 atom stereocenters. The van der Waals surface area contributed by atoms with Crippen LogP contribution >= 0.6 is 15.9 Å². The lowest BCUT2D eigenvalue weighted by atomic mass is 10.1. The van der Waals surface area contributed by atoms with Gasteiger partial charge in [-0.05, 0) is 46.6 Å². The number of nitrogens with zero attached hydrogens (tertiary/aromatic N) is 2. The number of rotatable bonds is 2. The van der Waals surface area contributed by atoms with E-state index in [1.807, 2.05) is 13.0 Å². The molecule has 0 saturated heterocycles.